The summed E-state index contributed by atoms with van der Waals surface area (Å²) in [5.74, 6) is 0.307. The quantitative estimate of drug-likeness (QED) is 0.576. The van der Waals surface area contributed by atoms with Gasteiger partial charge in [-0.2, -0.15) is 28.0 Å². The Morgan fingerprint density at radius 1 is 1.12 bits per heavy atom. The fourth-order valence-electron chi connectivity index (χ4n) is 2.05. The molecule has 3 aromatic rings. The third kappa shape index (κ3) is 3.25. The molecule has 0 radical (unpaired) electrons. The molecule has 2 aromatic heterocycles. The van der Waals surface area contributed by atoms with Crippen LogP contribution in [-0.4, -0.2) is 26.1 Å². The molecule has 2 heterocycles. The van der Waals surface area contributed by atoms with E-state index in [0.717, 1.165) is 12.3 Å². The van der Waals surface area contributed by atoms with Gasteiger partial charge >= 0.3 is 6.18 Å². The molecule has 0 fully saturated rings. The summed E-state index contributed by atoms with van der Waals surface area (Å²) in [6, 6.07) is 10.3. The van der Waals surface area contributed by atoms with Gasteiger partial charge in [0, 0.05) is 11.8 Å². The highest BCUT2D eigenvalue weighted by Gasteiger charge is 2.32. The molecule has 0 saturated heterocycles. The number of alkyl halides is 3. The molecule has 0 unspecified atom stereocenters. The van der Waals surface area contributed by atoms with E-state index in [0.29, 0.717) is 11.5 Å². The molecule has 24 heavy (non-hydrogen) atoms. The molecule has 5 nitrogen and oxygen atoms in total. The maximum absolute atomic E-state index is 13.0. The number of benzene rings is 1. The average molecular weight is 349 g/mol. The van der Waals surface area contributed by atoms with Gasteiger partial charge in [-0.15, -0.1) is 0 Å². The van der Waals surface area contributed by atoms with Crippen LogP contribution in [0.2, 0.25) is 0 Å². The number of nitrogens with zero attached hydrogens (tertiary/aromatic N) is 4. The minimum Gasteiger partial charge on any atom is -0.253 e. The van der Waals surface area contributed by atoms with E-state index in [2.05, 4.69) is 20.3 Å². The van der Waals surface area contributed by atoms with Crippen molar-refractivity contribution < 1.29 is 13.2 Å². The van der Waals surface area contributed by atoms with Crippen molar-refractivity contribution in [3.63, 3.8) is 0 Å². The SMILES string of the molecule is FC(F)(F)c1ccccc1/C=N/n1c(-c2ccccn2)n[nH]c1=S. The predicted molar refractivity (Wildman–Crippen MR) is 85.1 cm³/mol. The van der Waals surface area contributed by atoms with Crippen molar-refractivity contribution in [3.8, 4) is 11.5 Å². The zero-order valence-electron chi connectivity index (χ0n) is 12.0. The number of H-pyrrole nitrogens is 1. The van der Waals surface area contributed by atoms with Crippen LogP contribution in [-0.2, 0) is 6.18 Å². The highest BCUT2D eigenvalue weighted by atomic mass is 32.1. The molecular formula is C15H10F3N5S. The number of aromatic amines is 1. The number of hydrogen-bond acceptors (Lipinski definition) is 4. The lowest BCUT2D eigenvalue weighted by atomic mass is 10.1. The lowest BCUT2D eigenvalue weighted by Crippen LogP contribution is -2.09. The van der Waals surface area contributed by atoms with Crippen LogP contribution < -0.4 is 0 Å². The number of hydrogen-bond donors (Lipinski definition) is 1. The molecule has 122 valence electrons. The van der Waals surface area contributed by atoms with Crippen LogP contribution >= 0.6 is 12.2 Å². The first kappa shape index (κ1) is 16.1. The Hall–Kier alpha value is -2.81. The normalized spacial score (nSPS) is 12.0. The van der Waals surface area contributed by atoms with Crippen LogP contribution in [0.1, 0.15) is 11.1 Å². The molecule has 0 aliphatic rings. The van der Waals surface area contributed by atoms with Crippen molar-refractivity contribution in [1.82, 2.24) is 19.9 Å². The fourth-order valence-corrected chi connectivity index (χ4v) is 2.23. The van der Waals surface area contributed by atoms with Crippen LogP contribution in [0.3, 0.4) is 0 Å². The maximum atomic E-state index is 13.0. The first-order valence-corrected chi connectivity index (χ1v) is 7.17. The summed E-state index contributed by atoms with van der Waals surface area (Å²) < 4.78 is 40.4. The van der Waals surface area contributed by atoms with Crippen molar-refractivity contribution in [1.29, 1.82) is 0 Å². The van der Waals surface area contributed by atoms with Crippen LogP contribution in [0.15, 0.2) is 53.8 Å². The van der Waals surface area contributed by atoms with Gasteiger partial charge in [-0.25, -0.2) is 5.10 Å². The van der Waals surface area contributed by atoms with Crippen LogP contribution in [0.4, 0.5) is 13.2 Å². The predicted octanol–water partition coefficient (Wildman–Crippen LogP) is 3.90. The molecule has 0 aliphatic heterocycles. The van der Waals surface area contributed by atoms with Gasteiger partial charge in [0.15, 0.2) is 0 Å². The van der Waals surface area contributed by atoms with Crippen molar-refractivity contribution in [3.05, 3.63) is 64.6 Å². The topological polar surface area (TPSA) is 58.9 Å². The second-order valence-electron chi connectivity index (χ2n) is 4.71. The Bertz CT molecular complexity index is 928. The fraction of sp³-hybridized carbons (Fsp3) is 0.0667. The monoisotopic (exact) mass is 349 g/mol. The third-order valence-corrected chi connectivity index (χ3v) is 3.39. The minimum atomic E-state index is -4.47. The van der Waals surface area contributed by atoms with Crippen LogP contribution in [0, 0.1) is 4.77 Å². The van der Waals surface area contributed by atoms with E-state index in [1.807, 2.05) is 0 Å². The van der Waals surface area contributed by atoms with Crippen LogP contribution in [0.5, 0.6) is 0 Å². The highest BCUT2D eigenvalue weighted by Crippen LogP contribution is 2.31. The number of halogens is 3. The van der Waals surface area contributed by atoms with Gasteiger partial charge in [0.2, 0.25) is 10.6 Å². The minimum absolute atomic E-state index is 0.0694. The largest absolute Gasteiger partial charge is 0.417 e. The molecule has 0 saturated carbocycles. The summed E-state index contributed by atoms with van der Waals surface area (Å²) in [7, 11) is 0. The Morgan fingerprint density at radius 2 is 1.88 bits per heavy atom. The molecule has 0 spiro atoms. The second kappa shape index (κ2) is 6.36. The lowest BCUT2D eigenvalue weighted by Gasteiger charge is -2.09. The third-order valence-electron chi connectivity index (χ3n) is 3.12. The Labute approximate surface area is 139 Å². The molecule has 3 rings (SSSR count). The molecule has 0 amide bonds. The van der Waals surface area contributed by atoms with Gasteiger partial charge in [0.05, 0.1) is 11.8 Å². The average Bonchev–Trinajstić information content (AvgIpc) is 2.94. The van der Waals surface area contributed by atoms with E-state index >= 15 is 0 Å². The van der Waals surface area contributed by atoms with E-state index in [-0.39, 0.29) is 10.3 Å². The molecule has 0 atom stereocenters. The van der Waals surface area contributed by atoms with E-state index in [9.17, 15) is 13.2 Å². The highest BCUT2D eigenvalue weighted by molar-refractivity contribution is 7.71. The van der Waals surface area contributed by atoms with E-state index < -0.39 is 11.7 Å². The molecule has 0 aliphatic carbocycles. The van der Waals surface area contributed by atoms with E-state index in [1.54, 1.807) is 24.4 Å². The number of pyridine rings is 1. The first-order chi connectivity index (χ1) is 11.5. The Kier molecular flexibility index (Phi) is 4.26. The second-order valence-corrected chi connectivity index (χ2v) is 5.10. The molecule has 9 heteroatoms. The summed E-state index contributed by atoms with van der Waals surface area (Å²) >= 11 is 5.08. The van der Waals surface area contributed by atoms with Gasteiger partial charge in [0.1, 0.15) is 5.69 Å². The Morgan fingerprint density at radius 3 is 2.58 bits per heavy atom. The van der Waals surface area contributed by atoms with E-state index in [1.165, 1.54) is 22.9 Å². The van der Waals surface area contributed by atoms with Gasteiger partial charge in [-0.1, -0.05) is 24.3 Å². The smallest absolute Gasteiger partial charge is 0.253 e. The zero-order chi connectivity index (χ0) is 17.2. The molecule has 0 bridgehead atoms. The number of rotatable bonds is 3. The summed E-state index contributed by atoms with van der Waals surface area (Å²) in [6.07, 6.45) is -1.80. The number of aromatic nitrogens is 4. The van der Waals surface area contributed by atoms with E-state index in [4.69, 9.17) is 12.2 Å². The van der Waals surface area contributed by atoms with Crippen LogP contribution in [0.25, 0.3) is 11.5 Å². The first-order valence-electron chi connectivity index (χ1n) is 6.76. The van der Waals surface area contributed by atoms with Gasteiger partial charge in [0.25, 0.3) is 0 Å². The van der Waals surface area contributed by atoms with Gasteiger partial charge in [-0.3, -0.25) is 4.98 Å². The maximum Gasteiger partial charge on any atom is 0.417 e. The summed E-state index contributed by atoms with van der Waals surface area (Å²) in [5, 5.41) is 10.6. The lowest BCUT2D eigenvalue weighted by molar-refractivity contribution is -0.137. The van der Waals surface area contributed by atoms with Crippen molar-refractivity contribution in [2.75, 3.05) is 0 Å². The standard InChI is InChI=1S/C15H10F3N5S/c16-15(17,18)11-6-2-1-5-10(11)9-20-23-13(21-22-14(23)24)12-7-3-4-8-19-12/h1-9H,(H,22,24)/b20-9+. The van der Waals surface area contributed by atoms with Crippen molar-refractivity contribution >= 4 is 18.4 Å². The summed E-state index contributed by atoms with van der Waals surface area (Å²) in [5.41, 5.74) is -0.352. The Balaban J connectivity index is 2.04. The van der Waals surface area contributed by atoms with Crippen molar-refractivity contribution in [2.45, 2.75) is 6.18 Å². The summed E-state index contributed by atoms with van der Waals surface area (Å²) in [4.78, 5) is 4.13. The molecule has 1 N–H and O–H groups in total. The molecular weight excluding hydrogens is 339 g/mol. The zero-order valence-corrected chi connectivity index (χ0v) is 12.8. The van der Waals surface area contributed by atoms with Gasteiger partial charge < -0.3 is 0 Å². The van der Waals surface area contributed by atoms with Gasteiger partial charge in [-0.05, 0) is 30.4 Å². The number of nitrogens with one attached hydrogen (secondary N) is 1. The molecule has 1 aromatic carbocycles. The van der Waals surface area contributed by atoms with Crippen molar-refractivity contribution in [2.24, 2.45) is 5.10 Å². The summed E-state index contributed by atoms with van der Waals surface area (Å²) in [6.45, 7) is 0.